The van der Waals surface area contributed by atoms with Crippen molar-refractivity contribution < 1.29 is 105 Å². The van der Waals surface area contributed by atoms with E-state index in [0.717, 1.165) is 47.3 Å². The number of aryl methyl sites for hydroxylation is 1. The van der Waals surface area contributed by atoms with Crippen LogP contribution >= 0.6 is 0 Å². The first-order chi connectivity index (χ1) is 59.3. The molecule has 34 heteroatoms. The summed E-state index contributed by atoms with van der Waals surface area (Å²) in [6.45, 7) is 19.9. The topological polar surface area (TPSA) is 408 Å². The average Bonchev–Trinajstić information content (AvgIpc) is 1.72. The summed E-state index contributed by atoms with van der Waals surface area (Å²) in [6, 6.07) is 4.56. The van der Waals surface area contributed by atoms with Crippen LogP contribution < -0.4 is 16.0 Å². The van der Waals surface area contributed by atoms with Crippen LogP contribution in [0.5, 0.6) is 0 Å². The Balaban J connectivity index is 0.618. The third-order valence-electron chi connectivity index (χ3n) is 23.4. The maximum Gasteiger partial charge on any atom is 0.329 e. The standard InChI is InChI=1S/C89H134N12O22/c1-58-20-14-13-15-21-59(2)74(110-10)53-68-26-23-64(7)89(109,123-68)83(106)86(107)100-31-18-16-22-70(100)87(108)121-75(54-71(102)60(3)49-63(6)81(105)82(112-12)80(104)62(5)48-58)61(4)50-65-24-27-73(76(51-65)111-11)120-47-46-119-56-67-55-99(97-95-67)33-35-114-37-39-116-41-43-118-45-44-117-42-40-115-38-36-113-34-29-77(103)91-30-17-19-32-101-85-78(84(98(8)9)92-57-93-85)79(96-101)66-25-28-72-69(52-66)94-88(90)122-72/h13-15,20-21,25,28,49,52,55,57-58,60-62,64-65,68,70,73-76,81-82,105,109H,16-19,22-24,26-27,29-48,50-51,53-54,56H2,1-12H3,(H2,90,94)(H,91,103)/b15-13+,20-14+,59-21+,63-49+/t58-,60-,61-,62-,64-,65+,68+,70+,73-,74+,75?,76-,81-,82+,89-/m1/s1. The van der Waals surface area contributed by atoms with Gasteiger partial charge in [-0.05, 0) is 138 Å². The fraction of sp³-hybridized carbons (Fsp3) is 0.685. The van der Waals surface area contributed by atoms with Crippen LogP contribution in [-0.2, 0) is 110 Å². The number of nitrogens with two attached hydrogens (primary N) is 1. The number of aliphatic hydroxyl groups is 2. The molecule has 5 aromatic rings. The molecule has 4 aromatic heterocycles. The quantitative estimate of drug-likeness (QED) is 0.0123. The van der Waals surface area contributed by atoms with Crippen LogP contribution in [0.2, 0.25) is 0 Å². The van der Waals surface area contributed by atoms with Crippen LogP contribution in [0, 0.1) is 35.5 Å². The van der Waals surface area contributed by atoms with Crippen LogP contribution in [0.15, 0.2) is 82.7 Å². The molecule has 1 aromatic carbocycles. The zero-order chi connectivity index (χ0) is 88.4. The third kappa shape index (κ3) is 29.7. The van der Waals surface area contributed by atoms with Gasteiger partial charge >= 0.3 is 5.97 Å². The number of unbranched alkanes of at least 4 members (excludes halogenated alkanes) is 1. The molecule has 0 spiro atoms. The number of cyclic esters (lactones) is 1. The van der Waals surface area contributed by atoms with Crippen molar-refractivity contribution in [3.05, 3.63) is 84.0 Å². The van der Waals surface area contributed by atoms with Crippen molar-refractivity contribution in [2.75, 3.05) is 152 Å². The Hall–Kier alpha value is -8.20. The number of carbonyl (C=O) groups excluding carboxylic acids is 6. The number of ketones is 3. The predicted octanol–water partition coefficient (Wildman–Crippen LogP) is 8.70. The molecule has 5 N–H and O–H groups in total. The highest BCUT2D eigenvalue weighted by atomic mass is 16.6. The number of benzene rings is 1. The molecule has 34 nitrogen and oxygen atoms in total. The van der Waals surface area contributed by atoms with Crippen molar-refractivity contribution in [3.63, 3.8) is 0 Å². The highest BCUT2D eigenvalue weighted by molar-refractivity contribution is 6.39. The van der Waals surface area contributed by atoms with Gasteiger partial charge in [-0.15, -0.1) is 5.10 Å². The molecular formula is C89H134N12O22. The Morgan fingerprint density at radius 1 is 0.764 bits per heavy atom. The van der Waals surface area contributed by atoms with Crippen molar-refractivity contribution in [2.45, 2.75) is 219 Å². The number of piperidine rings is 1. The lowest BCUT2D eigenvalue weighted by Gasteiger charge is -2.42. The fourth-order valence-corrected chi connectivity index (χ4v) is 16.2. The minimum atomic E-state index is -2.47. The second-order valence-electron chi connectivity index (χ2n) is 33.0. The van der Waals surface area contributed by atoms with Crippen molar-refractivity contribution in [3.8, 4) is 11.3 Å². The van der Waals surface area contributed by atoms with E-state index in [1.807, 2.05) is 106 Å². The van der Waals surface area contributed by atoms with Gasteiger partial charge in [-0.2, -0.15) is 10.1 Å². The van der Waals surface area contributed by atoms with Gasteiger partial charge in [-0.3, -0.25) is 24.0 Å². The fourth-order valence-electron chi connectivity index (χ4n) is 16.2. The van der Waals surface area contributed by atoms with Crippen LogP contribution in [0.25, 0.3) is 33.4 Å². The number of esters is 1. The molecule has 4 aliphatic rings. The summed E-state index contributed by atoms with van der Waals surface area (Å²) in [5, 5.41) is 41.0. The van der Waals surface area contributed by atoms with Crippen molar-refractivity contribution in [1.82, 2.24) is 49.9 Å². The number of amides is 2. The molecule has 682 valence electrons. The lowest BCUT2D eigenvalue weighted by Crippen LogP contribution is -2.61. The number of nitrogens with one attached hydrogen (secondary N) is 1. The molecule has 15 atom stereocenters. The van der Waals surface area contributed by atoms with Crippen molar-refractivity contribution >= 4 is 69.1 Å². The molecule has 3 fully saturated rings. The lowest BCUT2D eigenvalue weighted by molar-refractivity contribution is -0.265. The zero-order valence-corrected chi connectivity index (χ0v) is 74.1. The first-order valence-electron chi connectivity index (χ1n) is 43.7. The smallest absolute Gasteiger partial charge is 0.329 e. The van der Waals surface area contributed by atoms with Gasteiger partial charge < -0.3 is 97.1 Å². The number of aromatic nitrogens is 8. The molecule has 2 amide bonds. The molecule has 123 heavy (non-hydrogen) atoms. The number of methoxy groups -OCH3 is 3. The normalized spacial score (nSPS) is 27.0. The van der Waals surface area contributed by atoms with Gasteiger partial charge in [-0.25, -0.2) is 24.1 Å². The summed E-state index contributed by atoms with van der Waals surface area (Å²) in [5.74, 6) is -7.64. The Labute approximate surface area is 722 Å². The van der Waals surface area contributed by atoms with Gasteiger partial charge in [0.2, 0.25) is 11.7 Å². The zero-order valence-electron chi connectivity index (χ0n) is 74.1. The van der Waals surface area contributed by atoms with E-state index in [0.29, 0.717) is 191 Å². The first-order valence-corrected chi connectivity index (χ1v) is 43.7. The molecule has 7 heterocycles. The molecular weight excluding hydrogens is 1590 g/mol. The van der Waals surface area contributed by atoms with E-state index in [9.17, 15) is 39.0 Å². The summed E-state index contributed by atoms with van der Waals surface area (Å²) in [5.41, 5.74) is 11.2. The highest BCUT2D eigenvalue weighted by Gasteiger charge is 2.53. The lowest BCUT2D eigenvalue weighted by atomic mass is 9.78. The summed E-state index contributed by atoms with van der Waals surface area (Å²) < 4.78 is 85.4. The number of ether oxygens (including phenoxy) is 13. The molecule has 1 aliphatic carbocycles. The maximum absolute atomic E-state index is 14.8. The summed E-state index contributed by atoms with van der Waals surface area (Å²) >= 11 is 0. The number of nitrogen functional groups attached to an aromatic ring is 1. The van der Waals surface area contributed by atoms with E-state index in [2.05, 4.69) is 30.6 Å². The second-order valence-corrected chi connectivity index (χ2v) is 33.0. The van der Waals surface area contributed by atoms with E-state index in [4.69, 9.17) is 76.8 Å². The number of nitrogens with zero attached hydrogens (tertiary/aromatic N) is 10. The number of hydrogen-bond acceptors (Lipinski definition) is 30. The van der Waals surface area contributed by atoms with Crippen LogP contribution in [0.1, 0.15) is 150 Å². The summed E-state index contributed by atoms with van der Waals surface area (Å²) in [7, 11) is 8.47. The van der Waals surface area contributed by atoms with Crippen molar-refractivity contribution in [1.29, 1.82) is 0 Å². The van der Waals surface area contributed by atoms with E-state index in [1.165, 1.54) is 18.3 Å². The van der Waals surface area contributed by atoms with E-state index < -0.39 is 77.8 Å². The summed E-state index contributed by atoms with van der Waals surface area (Å²) in [6.07, 6.45) is 16.5. The number of fused-ring (bicyclic) bond motifs is 5. The van der Waals surface area contributed by atoms with E-state index in [1.54, 1.807) is 45.7 Å². The molecule has 0 radical (unpaired) electrons. The van der Waals surface area contributed by atoms with Gasteiger partial charge in [0.1, 0.15) is 59.2 Å². The molecule has 2 saturated heterocycles. The molecule has 9 rings (SSSR count). The average molecular weight is 1720 g/mol. The highest BCUT2D eigenvalue weighted by Crippen LogP contribution is 2.40. The Morgan fingerprint density at radius 2 is 1.47 bits per heavy atom. The number of aliphatic hydroxyl groups excluding tert-OH is 1. The van der Waals surface area contributed by atoms with Crippen molar-refractivity contribution in [2.24, 2.45) is 35.5 Å². The maximum atomic E-state index is 14.8. The molecule has 1 unspecified atom stereocenters. The van der Waals surface area contributed by atoms with Gasteiger partial charge in [0.15, 0.2) is 17.0 Å². The van der Waals surface area contributed by atoms with E-state index >= 15 is 0 Å². The number of hydrogen-bond donors (Lipinski definition) is 4. The van der Waals surface area contributed by atoms with Gasteiger partial charge in [-0.1, -0.05) is 76.3 Å². The molecule has 3 aliphatic heterocycles. The minimum absolute atomic E-state index is 0.00870. The van der Waals surface area contributed by atoms with Gasteiger partial charge in [0.05, 0.1) is 142 Å². The largest absolute Gasteiger partial charge is 0.460 e. The number of oxazole rings is 1. The number of carbonyl (C=O) groups is 6. The second kappa shape index (κ2) is 50.8. The Kier molecular flexibility index (Phi) is 40.7. The SMILES string of the molecule is CO[C@H]1C[C@@H]2CC[C@@H](C)[C@@](O)(O2)C(=O)C(=O)N2CCCC[C@H]2C(=O)OC([C@H](C)C[C@@H]2CC[C@@H](OCCOCc3cn(CCOCCOCCOCCOCCOCCOCCC(=O)NCCCCn4nc(-c5ccc6oc(N)nc6c5)c5c(N(C)C)ncnc54)nn3)[C@H](OC)C2)CC(=O)[C@H](C)/C=C(\C)[C@@H](O)[C@@H](OC)C(=O)[C@H](C)C[C@H](C)/C=C/C=C/C=C/1C. The molecule has 2 bridgehead atoms. The summed E-state index contributed by atoms with van der Waals surface area (Å²) in [4.78, 5) is 101. The van der Waals surface area contributed by atoms with Crippen LogP contribution in [-0.4, -0.2) is 286 Å². The Bertz CT molecular complexity index is 4260. The van der Waals surface area contributed by atoms with Gasteiger partial charge in [0, 0.05) is 97.6 Å². The number of allylic oxidation sites excluding steroid dienone is 6. The minimum Gasteiger partial charge on any atom is -0.460 e. The Morgan fingerprint density at radius 3 is 2.17 bits per heavy atom. The van der Waals surface area contributed by atoms with Crippen LogP contribution in [0.3, 0.4) is 0 Å². The first kappa shape index (κ1) is 98.6. The third-order valence-corrected chi connectivity index (χ3v) is 23.4. The van der Waals surface area contributed by atoms with E-state index in [-0.39, 0.29) is 92.5 Å². The number of Topliss-reactive ketones (excluding diaryl/α,β-unsaturated/α-hetero) is 3. The predicted molar refractivity (Wildman–Crippen MR) is 457 cm³/mol. The number of anilines is 2. The number of rotatable bonds is 40. The van der Waals surface area contributed by atoms with Crippen LogP contribution in [0.4, 0.5) is 11.8 Å². The molecule has 1 saturated carbocycles. The monoisotopic (exact) mass is 1720 g/mol. The van der Waals surface area contributed by atoms with Gasteiger partial charge in [0.25, 0.3) is 17.7 Å².